The molecule has 26 heavy (non-hydrogen) atoms. The molecule has 0 bridgehead atoms. The SMILES string of the molecule is C[C@]12CCC(=O)C[C@H]1[C@@H](F)C[C@@H]1[C@@H]2[C@H](O)C[C@]2(C)[C@@H](C(=O)CO)CC[C@@H]12. The lowest BCUT2D eigenvalue weighted by atomic mass is 9.43. The van der Waals surface area contributed by atoms with Crippen molar-refractivity contribution in [3.63, 3.8) is 0 Å². The number of alkyl halides is 1. The first kappa shape index (κ1) is 18.5. The molecule has 0 heterocycles. The van der Waals surface area contributed by atoms with Gasteiger partial charge in [0.15, 0.2) is 5.78 Å². The lowest BCUT2D eigenvalue weighted by Crippen LogP contribution is -2.61. The Morgan fingerprint density at radius 1 is 1.23 bits per heavy atom. The summed E-state index contributed by atoms with van der Waals surface area (Å²) < 4.78 is 15.2. The minimum absolute atomic E-state index is 0.00801. The van der Waals surface area contributed by atoms with Gasteiger partial charge in [-0.3, -0.25) is 9.59 Å². The number of ketones is 2. The number of Topliss-reactive ketones (excluding diaryl/α,β-unsaturated/α-hetero) is 2. The van der Waals surface area contributed by atoms with Crippen molar-refractivity contribution in [1.29, 1.82) is 0 Å². The van der Waals surface area contributed by atoms with Gasteiger partial charge in [-0.1, -0.05) is 13.8 Å². The van der Waals surface area contributed by atoms with Crippen molar-refractivity contribution in [1.82, 2.24) is 0 Å². The van der Waals surface area contributed by atoms with E-state index in [1.165, 1.54) is 0 Å². The Morgan fingerprint density at radius 3 is 2.65 bits per heavy atom. The zero-order valence-corrected chi connectivity index (χ0v) is 15.8. The maximum Gasteiger partial charge on any atom is 0.161 e. The summed E-state index contributed by atoms with van der Waals surface area (Å²) in [4.78, 5) is 24.2. The van der Waals surface area contributed by atoms with Crippen LogP contribution in [0.5, 0.6) is 0 Å². The smallest absolute Gasteiger partial charge is 0.161 e. The molecular weight excluding hydrogens is 335 g/mol. The van der Waals surface area contributed by atoms with Crippen LogP contribution in [0.15, 0.2) is 0 Å². The van der Waals surface area contributed by atoms with Crippen LogP contribution in [0.1, 0.15) is 58.8 Å². The van der Waals surface area contributed by atoms with Gasteiger partial charge in [0.1, 0.15) is 18.6 Å². The maximum atomic E-state index is 15.2. The number of carbonyl (C=O) groups excluding carboxylic acids is 2. The van der Waals surface area contributed by atoms with Crippen LogP contribution in [0.3, 0.4) is 0 Å². The quantitative estimate of drug-likeness (QED) is 0.788. The van der Waals surface area contributed by atoms with Gasteiger partial charge in [0.2, 0.25) is 0 Å². The molecule has 9 atom stereocenters. The van der Waals surface area contributed by atoms with Crippen LogP contribution in [0.25, 0.3) is 0 Å². The van der Waals surface area contributed by atoms with Gasteiger partial charge in [0, 0.05) is 24.7 Å². The molecule has 0 spiro atoms. The van der Waals surface area contributed by atoms with E-state index < -0.39 is 18.9 Å². The van der Waals surface area contributed by atoms with E-state index in [2.05, 4.69) is 13.8 Å². The van der Waals surface area contributed by atoms with E-state index in [1.54, 1.807) is 0 Å². The molecule has 0 amide bonds. The second-order valence-electron chi connectivity index (χ2n) is 9.93. The lowest BCUT2D eigenvalue weighted by molar-refractivity contribution is -0.189. The third-order valence-corrected chi connectivity index (χ3v) is 8.93. The number of rotatable bonds is 2. The third kappa shape index (κ3) is 2.39. The van der Waals surface area contributed by atoms with Crippen LogP contribution >= 0.6 is 0 Å². The fraction of sp³-hybridized carbons (Fsp3) is 0.905. The number of hydrogen-bond acceptors (Lipinski definition) is 4. The molecule has 2 N–H and O–H groups in total. The van der Waals surface area contributed by atoms with Crippen molar-refractivity contribution in [2.45, 2.75) is 71.1 Å². The van der Waals surface area contributed by atoms with Gasteiger partial charge < -0.3 is 10.2 Å². The van der Waals surface area contributed by atoms with Crippen LogP contribution in [0, 0.1) is 40.4 Å². The number of aliphatic hydroxyl groups excluding tert-OH is 2. The Morgan fingerprint density at radius 2 is 1.96 bits per heavy atom. The number of halogens is 1. The van der Waals surface area contributed by atoms with E-state index >= 15 is 4.39 Å². The first-order chi connectivity index (χ1) is 12.2. The van der Waals surface area contributed by atoms with Crippen LogP contribution in [-0.4, -0.2) is 40.7 Å². The summed E-state index contributed by atoms with van der Waals surface area (Å²) in [5.41, 5.74) is -0.691. The lowest BCUT2D eigenvalue weighted by Gasteiger charge is -2.62. The number of carbonyl (C=O) groups is 2. The molecule has 5 heteroatoms. The van der Waals surface area contributed by atoms with E-state index in [0.717, 1.165) is 12.8 Å². The van der Waals surface area contributed by atoms with E-state index in [9.17, 15) is 19.8 Å². The minimum atomic E-state index is -1.01. The summed E-state index contributed by atoms with van der Waals surface area (Å²) in [5, 5.41) is 20.5. The van der Waals surface area contributed by atoms with Gasteiger partial charge in [-0.15, -0.1) is 0 Å². The molecule has 146 valence electrons. The van der Waals surface area contributed by atoms with Crippen molar-refractivity contribution in [3.8, 4) is 0 Å². The van der Waals surface area contributed by atoms with Gasteiger partial charge in [0.05, 0.1) is 6.10 Å². The van der Waals surface area contributed by atoms with Crippen molar-refractivity contribution in [3.05, 3.63) is 0 Å². The molecule has 4 aliphatic rings. The Bertz CT molecular complexity index is 621. The average Bonchev–Trinajstić information content (AvgIpc) is 2.92. The predicted octanol–water partition coefficient (Wildman–Crippen LogP) is 2.69. The summed E-state index contributed by atoms with van der Waals surface area (Å²) in [6.07, 6.45) is 2.42. The molecule has 0 aromatic carbocycles. The highest BCUT2D eigenvalue weighted by atomic mass is 19.1. The molecule has 4 aliphatic carbocycles. The highest BCUT2D eigenvalue weighted by Crippen LogP contribution is 2.67. The summed E-state index contributed by atoms with van der Waals surface area (Å²) in [6, 6.07) is 0. The first-order valence-electron chi connectivity index (χ1n) is 10.2. The van der Waals surface area contributed by atoms with Gasteiger partial charge in [0.25, 0.3) is 0 Å². The minimum Gasteiger partial charge on any atom is -0.393 e. The Hall–Kier alpha value is -0.810. The van der Waals surface area contributed by atoms with Crippen LogP contribution < -0.4 is 0 Å². The Labute approximate surface area is 154 Å². The monoisotopic (exact) mass is 366 g/mol. The number of fused-ring (bicyclic) bond motifs is 5. The molecule has 0 aromatic heterocycles. The summed E-state index contributed by atoms with van der Waals surface area (Å²) in [5.74, 6) is -0.216. The topological polar surface area (TPSA) is 74.6 Å². The summed E-state index contributed by atoms with van der Waals surface area (Å²) in [7, 11) is 0. The molecule has 0 saturated heterocycles. The van der Waals surface area contributed by atoms with E-state index in [1.807, 2.05) is 0 Å². The number of aliphatic hydroxyl groups is 2. The van der Waals surface area contributed by atoms with Crippen LogP contribution in [-0.2, 0) is 9.59 Å². The van der Waals surface area contributed by atoms with Gasteiger partial charge >= 0.3 is 0 Å². The summed E-state index contributed by atoms with van der Waals surface area (Å²) in [6.45, 7) is 3.70. The van der Waals surface area contributed by atoms with Crippen molar-refractivity contribution < 1.29 is 24.2 Å². The predicted molar refractivity (Wildman–Crippen MR) is 94.0 cm³/mol. The first-order valence-corrected chi connectivity index (χ1v) is 10.2. The Kier molecular flexibility index (Phi) is 4.35. The van der Waals surface area contributed by atoms with E-state index in [4.69, 9.17) is 0 Å². The number of hydrogen-bond donors (Lipinski definition) is 2. The zero-order chi connectivity index (χ0) is 18.9. The van der Waals surface area contributed by atoms with Gasteiger partial charge in [-0.2, -0.15) is 0 Å². The molecule has 0 aromatic rings. The maximum absolute atomic E-state index is 15.2. The van der Waals surface area contributed by atoms with Crippen molar-refractivity contribution in [2.75, 3.05) is 6.61 Å². The zero-order valence-electron chi connectivity index (χ0n) is 15.8. The molecule has 4 fully saturated rings. The molecule has 4 rings (SSSR count). The fourth-order valence-corrected chi connectivity index (χ4v) is 7.81. The van der Waals surface area contributed by atoms with Crippen LogP contribution in [0.2, 0.25) is 0 Å². The highest BCUT2D eigenvalue weighted by Gasteiger charge is 2.65. The van der Waals surface area contributed by atoms with Crippen LogP contribution in [0.4, 0.5) is 4.39 Å². The fourth-order valence-electron chi connectivity index (χ4n) is 7.81. The molecule has 4 nitrogen and oxygen atoms in total. The van der Waals surface area contributed by atoms with E-state index in [-0.39, 0.29) is 52.0 Å². The molecule has 0 radical (unpaired) electrons. The van der Waals surface area contributed by atoms with Gasteiger partial charge in [-0.25, -0.2) is 4.39 Å². The van der Waals surface area contributed by atoms with Crippen molar-refractivity contribution in [2.24, 2.45) is 40.4 Å². The Balaban J connectivity index is 1.70. The molecule has 4 saturated carbocycles. The summed E-state index contributed by atoms with van der Waals surface area (Å²) >= 11 is 0. The van der Waals surface area contributed by atoms with Gasteiger partial charge in [-0.05, 0) is 60.7 Å². The average molecular weight is 366 g/mol. The normalized spacial score (nSPS) is 53.6. The largest absolute Gasteiger partial charge is 0.393 e. The molecule has 0 unspecified atom stereocenters. The van der Waals surface area contributed by atoms with Crippen molar-refractivity contribution >= 4 is 11.6 Å². The molecular formula is C21H31FO4. The highest BCUT2D eigenvalue weighted by molar-refractivity contribution is 5.83. The van der Waals surface area contributed by atoms with E-state index in [0.29, 0.717) is 32.1 Å². The molecule has 0 aliphatic heterocycles. The second-order valence-corrected chi connectivity index (χ2v) is 9.93. The standard InChI is InChI=1S/C21H31FO4/c1-20-6-5-11(24)7-15(20)16(22)8-12-13-3-4-14(18(26)10-23)21(13,2)9-17(25)19(12)20/h12-17,19,23,25H,3-10H2,1-2H3/t12-,13-,14+,15-,16-,17+,19+,20-,21-/m0/s1. The second kappa shape index (κ2) is 6.10. The third-order valence-electron chi connectivity index (χ3n) is 8.93.